The Balaban J connectivity index is 2.03. The summed E-state index contributed by atoms with van der Waals surface area (Å²) in [5.41, 5.74) is 1.47. The number of carbonyl (C=O) groups excluding carboxylic acids is 2. The van der Waals surface area contributed by atoms with E-state index in [-0.39, 0.29) is 28.7 Å². The summed E-state index contributed by atoms with van der Waals surface area (Å²) in [6.07, 6.45) is 1.13. The number of amides is 2. The van der Waals surface area contributed by atoms with Crippen molar-refractivity contribution in [1.29, 1.82) is 0 Å². The molecular weight excluding hydrogens is 540 g/mol. The lowest BCUT2D eigenvalue weighted by Gasteiger charge is -2.33. The zero-order valence-corrected chi connectivity index (χ0v) is 22.5. The van der Waals surface area contributed by atoms with Gasteiger partial charge in [-0.2, -0.15) is 0 Å². The molecule has 0 saturated carbocycles. The maximum atomic E-state index is 13.8. The first kappa shape index (κ1) is 28.4. The van der Waals surface area contributed by atoms with Crippen LogP contribution in [0.25, 0.3) is 0 Å². The molecule has 0 heterocycles. The average Bonchev–Trinajstić information content (AvgIpc) is 2.84. The van der Waals surface area contributed by atoms with Crippen molar-refractivity contribution in [3.05, 3.63) is 99.8 Å². The molecule has 11 heteroatoms. The second-order valence-corrected chi connectivity index (χ2v) is 11.1. The summed E-state index contributed by atoms with van der Waals surface area (Å²) in [6.45, 7) is -0.670. The molecule has 0 saturated heterocycles. The summed E-state index contributed by atoms with van der Waals surface area (Å²) >= 11 is 12.2. The van der Waals surface area contributed by atoms with Crippen molar-refractivity contribution in [1.82, 2.24) is 10.2 Å². The van der Waals surface area contributed by atoms with E-state index in [4.69, 9.17) is 23.2 Å². The first-order chi connectivity index (χ1) is 17.5. The van der Waals surface area contributed by atoms with Gasteiger partial charge in [-0.25, -0.2) is 12.8 Å². The minimum absolute atomic E-state index is 0.0576. The Morgan fingerprint density at radius 1 is 0.946 bits per heavy atom. The van der Waals surface area contributed by atoms with Crippen molar-refractivity contribution >= 4 is 50.7 Å². The Bertz CT molecular complexity index is 1340. The number of likely N-dealkylation sites (N-methyl/N-ethyl adjacent to an activating group) is 1. The summed E-state index contributed by atoms with van der Waals surface area (Å²) in [5, 5.41) is 2.97. The number of nitrogens with zero attached hydrogens (tertiary/aromatic N) is 2. The topological polar surface area (TPSA) is 86.8 Å². The number of anilines is 1. The molecular formula is C26H26Cl2FN3O4S. The lowest BCUT2D eigenvalue weighted by Crippen LogP contribution is -2.52. The molecule has 0 fully saturated rings. The third kappa shape index (κ3) is 7.92. The van der Waals surface area contributed by atoms with Crippen molar-refractivity contribution in [3.8, 4) is 0 Å². The zero-order chi connectivity index (χ0) is 27.2. The summed E-state index contributed by atoms with van der Waals surface area (Å²) in [7, 11) is -2.49. The first-order valence-corrected chi connectivity index (χ1v) is 13.8. The van der Waals surface area contributed by atoms with Gasteiger partial charge in [-0.1, -0.05) is 65.7 Å². The molecule has 3 aromatic rings. The van der Waals surface area contributed by atoms with Gasteiger partial charge in [-0.05, 0) is 41.5 Å². The van der Waals surface area contributed by atoms with Gasteiger partial charge in [0.2, 0.25) is 21.8 Å². The Morgan fingerprint density at radius 3 is 2.08 bits per heavy atom. The van der Waals surface area contributed by atoms with Crippen LogP contribution in [0.2, 0.25) is 10.0 Å². The van der Waals surface area contributed by atoms with E-state index in [9.17, 15) is 22.4 Å². The SMILES string of the molecule is CNC(=O)C(Cc1ccccc1)N(Cc1ccc(F)cc1)C(=O)CN(c1cc(Cl)cc(Cl)c1)S(C)(=O)=O. The lowest BCUT2D eigenvalue weighted by molar-refractivity contribution is -0.139. The number of sulfonamides is 1. The van der Waals surface area contributed by atoms with Crippen LogP contribution in [-0.4, -0.2) is 51.0 Å². The summed E-state index contributed by atoms with van der Waals surface area (Å²) in [5.74, 6) is -1.53. The standard InChI is InChI=1S/C26H26Cl2FN3O4S/c1-30-26(34)24(12-18-6-4-3-5-7-18)31(16-19-8-10-22(29)11-9-19)25(33)17-32(37(2,35)36)23-14-20(27)13-21(28)15-23/h3-11,13-15,24H,12,16-17H2,1-2H3,(H,30,34). The van der Waals surface area contributed by atoms with Crippen molar-refractivity contribution < 1.29 is 22.4 Å². The molecule has 37 heavy (non-hydrogen) atoms. The molecule has 196 valence electrons. The lowest BCUT2D eigenvalue weighted by atomic mass is 10.0. The quantitative estimate of drug-likeness (QED) is 0.397. The van der Waals surface area contributed by atoms with E-state index in [0.717, 1.165) is 16.1 Å². The van der Waals surface area contributed by atoms with Gasteiger partial charge in [0.05, 0.1) is 11.9 Å². The summed E-state index contributed by atoms with van der Waals surface area (Å²) in [6, 6.07) is 17.9. The molecule has 1 N–H and O–H groups in total. The summed E-state index contributed by atoms with van der Waals surface area (Å²) < 4.78 is 39.8. The molecule has 0 radical (unpaired) electrons. The molecule has 0 aliphatic heterocycles. The van der Waals surface area contributed by atoms with Crippen LogP contribution in [0.15, 0.2) is 72.8 Å². The summed E-state index contributed by atoms with van der Waals surface area (Å²) in [4.78, 5) is 28.1. The zero-order valence-electron chi connectivity index (χ0n) is 20.2. The number of rotatable bonds is 10. The second-order valence-electron chi connectivity index (χ2n) is 8.37. The number of hydrogen-bond donors (Lipinski definition) is 1. The third-order valence-electron chi connectivity index (χ3n) is 5.60. The molecule has 3 rings (SSSR count). The monoisotopic (exact) mass is 565 g/mol. The van der Waals surface area contributed by atoms with Crippen molar-refractivity contribution in [2.24, 2.45) is 0 Å². The van der Waals surface area contributed by atoms with Gasteiger partial charge in [-0.15, -0.1) is 0 Å². The van der Waals surface area contributed by atoms with Crippen LogP contribution in [0.3, 0.4) is 0 Å². The molecule has 0 aliphatic carbocycles. The predicted octanol–water partition coefficient (Wildman–Crippen LogP) is 4.28. The van der Waals surface area contributed by atoms with E-state index >= 15 is 0 Å². The predicted molar refractivity (Wildman–Crippen MR) is 144 cm³/mol. The third-order valence-corrected chi connectivity index (χ3v) is 7.18. The second kappa shape index (κ2) is 12.4. The van der Waals surface area contributed by atoms with Crippen LogP contribution < -0.4 is 9.62 Å². The van der Waals surface area contributed by atoms with Crippen LogP contribution in [-0.2, 0) is 32.6 Å². The van der Waals surface area contributed by atoms with Gasteiger partial charge < -0.3 is 10.2 Å². The maximum absolute atomic E-state index is 13.8. The van der Waals surface area contributed by atoms with Gasteiger partial charge in [0.15, 0.2) is 0 Å². The Hall–Kier alpha value is -3.14. The van der Waals surface area contributed by atoms with E-state index in [0.29, 0.717) is 5.56 Å². The molecule has 1 unspecified atom stereocenters. The highest BCUT2D eigenvalue weighted by atomic mass is 35.5. The molecule has 3 aromatic carbocycles. The van der Waals surface area contributed by atoms with Crippen LogP contribution in [0, 0.1) is 5.82 Å². The molecule has 1 atom stereocenters. The van der Waals surface area contributed by atoms with Crippen molar-refractivity contribution in [2.75, 3.05) is 24.2 Å². The fourth-order valence-corrected chi connectivity index (χ4v) is 5.15. The fourth-order valence-electron chi connectivity index (χ4n) is 3.80. The molecule has 0 aliphatic rings. The first-order valence-electron chi connectivity index (χ1n) is 11.2. The van der Waals surface area contributed by atoms with Gasteiger partial charge in [0, 0.05) is 30.1 Å². The van der Waals surface area contributed by atoms with Crippen LogP contribution in [0.5, 0.6) is 0 Å². The molecule has 0 aromatic heterocycles. The Kier molecular flexibility index (Phi) is 9.53. The van der Waals surface area contributed by atoms with E-state index in [1.807, 2.05) is 30.3 Å². The highest BCUT2D eigenvalue weighted by Crippen LogP contribution is 2.27. The van der Waals surface area contributed by atoms with E-state index < -0.39 is 40.2 Å². The number of hydrogen-bond acceptors (Lipinski definition) is 4. The minimum Gasteiger partial charge on any atom is -0.357 e. The fraction of sp³-hybridized carbons (Fsp3) is 0.231. The van der Waals surface area contributed by atoms with E-state index in [2.05, 4.69) is 5.32 Å². The normalized spacial score (nSPS) is 12.0. The number of halogens is 3. The number of benzene rings is 3. The van der Waals surface area contributed by atoms with Crippen molar-refractivity contribution in [3.63, 3.8) is 0 Å². The molecule has 0 bridgehead atoms. The molecule has 2 amide bonds. The van der Waals surface area contributed by atoms with Gasteiger partial charge in [0.1, 0.15) is 18.4 Å². The van der Waals surface area contributed by atoms with Crippen molar-refractivity contribution in [2.45, 2.75) is 19.0 Å². The largest absolute Gasteiger partial charge is 0.357 e. The van der Waals surface area contributed by atoms with Crippen LogP contribution >= 0.6 is 23.2 Å². The average molecular weight is 566 g/mol. The van der Waals surface area contributed by atoms with Gasteiger partial charge >= 0.3 is 0 Å². The van der Waals surface area contributed by atoms with Crippen LogP contribution in [0.4, 0.5) is 10.1 Å². The van der Waals surface area contributed by atoms with E-state index in [1.54, 1.807) is 0 Å². The minimum atomic E-state index is -3.95. The van der Waals surface area contributed by atoms with E-state index in [1.165, 1.54) is 54.4 Å². The maximum Gasteiger partial charge on any atom is 0.244 e. The van der Waals surface area contributed by atoms with Crippen LogP contribution in [0.1, 0.15) is 11.1 Å². The van der Waals surface area contributed by atoms with Gasteiger partial charge in [0.25, 0.3) is 0 Å². The smallest absolute Gasteiger partial charge is 0.244 e. The molecule has 7 nitrogen and oxygen atoms in total. The number of nitrogens with one attached hydrogen (secondary N) is 1. The highest BCUT2D eigenvalue weighted by Gasteiger charge is 2.32. The number of carbonyl (C=O) groups is 2. The molecule has 0 spiro atoms. The van der Waals surface area contributed by atoms with Gasteiger partial charge in [-0.3, -0.25) is 13.9 Å². The Labute approximate surface area is 225 Å². The Morgan fingerprint density at radius 2 is 1.54 bits per heavy atom. The highest BCUT2D eigenvalue weighted by molar-refractivity contribution is 7.92.